The fraction of sp³-hybridized carbons (Fsp3) is 0.520. The molecule has 0 atom stereocenters. The van der Waals surface area contributed by atoms with E-state index in [4.69, 9.17) is 0 Å². The molecule has 1 aromatic carbocycles. The predicted octanol–water partition coefficient (Wildman–Crippen LogP) is 2.46. The zero-order valence-electron chi connectivity index (χ0n) is 20.3. The first-order valence-electron chi connectivity index (χ1n) is 12.0. The maximum absolute atomic E-state index is 13.0. The third-order valence-corrected chi connectivity index (χ3v) is 9.07. The summed E-state index contributed by atoms with van der Waals surface area (Å²) in [6.45, 7) is 7.73. The van der Waals surface area contributed by atoms with Crippen molar-refractivity contribution in [2.75, 3.05) is 45.8 Å². The molecule has 0 bridgehead atoms. The number of carbonyl (C=O) groups is 2. The highest BCUT2D eigenvalue weighted by Crippen LogP contribution is 2.22. The maximum atomic E-state index is 13.0. The summed E-state index contributed by atoms with van der Waals surface area (Å²) in [5, 5.41) is 0. The first-order valence-corrected chi connectivity index (χ1v) is 13.4. The number of aromatic nitrogens is 1. The molecule has 3 heterocycles. The van der Waals surface area contributed by atoms with Gasteiger partial charge in [0.1, 0.15) is 0 Å². The molecule has 9 heteroatoms. The van der Waals surface area contributed by atoms with Gasteiger partial charge in [0.05, 0.1) is 11.4 Å². The minimum atomic E-state index is -3.51. The van der Waals surface area contributed by atoms with Gasteiger partial charge in [-0.05, 0) is 57.0 Å². The molecule has 1 amide bonds. The number of rotatable bonds is 6. The monoisotopic (exact) mass is 486 g/mol. The number of carbonyl (C=O) groups excluding carboxylic acids is 2. The van der Waals surface area contributed by atoms with Crippen LogP contribution in [0.25, 0.3) is 0 Å². The quantitative estimate of drug-likeness (QED) is 0.586. The Morgan fingerprint density at radius 3 is 2.06 bits per heavy atom. The molecule has 184 valence electrons. The maximum Gasteiger partial charge on any atom is 0.253 e. The molecule has 2 aliphatic rings. The van der Waals surface area contributed by atoms with E-state index in [0.717, 1.165) is 36.2 Å². The molecule has 34 heavy (non-hydrogen) atoms. The van der Waals surface area contributed by atoms with E-state index in [1.165, 1.54) is 16.4 Å². The average Bonchev–Trinajstić information content (AvgIpc) is 3.12. The van der Waals surface area contributed by atoms with Gasteiger partial charge in [0, 0.05) is 68.8 Å². The number of aryl methyl sites for hydroxylation is 1. The lowest BCUT2D eigenvalue weighted by Crippen LogP contribution is -2.49. The number of hydrogen-bond acceptors (Lipinski definition) is 5. The highest BCUT2D eigenvalue weighted by molar-refractivity contribution is 7.89. The number of ketones is 1. The molecule has 0 aliphatic carbocycles. The normalized spacial score (nSPS) is 18.3. The molecule has 2 aromatic rings. The van der Waals surface area contributed by atoms with Crippen LogP contribution in [0, 0.1) is 13.8 Å². The van der Waals surface area contributed by atoms with Crippen LogP contribution in [0.15, 0.2) is 35.2 Å². The fourth-order valence-corrected chi connectivity index (χ4v) is 6.26. The molecule has 0 spiro atoms. The number of benzene rings is 1. The van der Waals surface area contributed by atoms with E-state index in [0.29, 0.717) is 51.4 Å². The summed E-state index contributed by atoms with van der Waals surface area (Å²) < 4.78 is 29.2. The number of sulfonamides is 1. The third kappa shape index (κ3) is 4.96. The van der Waals surface area contributed by atoms with Gasteiger partial charge in [0.15, 0.2) is 5.78 Å². The van der Waals surface area contributed by atoms with Gasteiger partial charge in [0.25, 0.3) is 5.91 Å². The molecular formula is C25H34N4O4S. The van der Waals surface area contributed by atoms with Gasteiger partial charge in [-0.3, -0.25) is 14.5 Å². The number of hydrogen-bond donors (Lipinski definition) is 0. The second kappa shape index (κ2) is 10.0. The van der Waals surface area contributed by atoms with Gasteiger partial charge in [-0.25, -0.2) is 8.42 Å². The van der Waals surface area contributed by atoms with Gasteiger partial charge < -0.3 is 9.47 Å². The standard InChI is InChI=1S/C25H34N4O4S/c1-19-17-23(20(2)26(19)3)24(30)18-27-13-15-28(16-14-27)25(31)21-7-9-22(10-8-21)34(32,33)29-11-5-4-6-12-29/h7-10,17H,4-6,11-16,18H2,1-3H3. The van der Waals surface area contributed by atoms with Crippen LogP contribution in [0.4, 0.5) is 0 Å². The van der Waals surface area contributed by atoms with Crippen molar-refractivity contribution in [1.82, 2.24) is 18.7 Å². The van der Waals surface area contributed by atoms with Gasteiger partial charge in [0.2, 0.25) is 10.0 Å². The lowest BCUT2D eigenvalue weighted by molar-refractivity contribution is 0.0624. The summed E-state index contributed by atoms with van der Waals surface area (Å²) in [5.74, 6) is -0.00564. The molecule has 2 saturated heterocycles. The van der Waals surface area contributed by atoms with Crippen LogP contribution in [-0.2, 0) is 17.1 Å². The third-order valence-electron chi connectivity index (χ3n) is 7.16. The van der Waals surface area contributed by atoms with Crippen LogP contribution in [0.5, 0.6) is 0 Å². The fourth-order valence-electron chi connectivity index (χ4n) is 4.74. The summed E-state index contributed by atoms with van der Waals surface area (Å²) in [7, 11) is -1.55. The Bertz CT molecular complexity index is 1160. The number of piperidine rings is 1. The van der Waals surface area contributed by atoms with Crippen molar-refractivity contribution in [3.63, 3.8) is 0 Å². The van der Waals surface area contributed by atoms with Gasteiger partial charge >= 0.3 is 0 Å². The summed E-state index contributed by atoms with van der Waals surface area (Å²) in [5.41, 5.74) is 3.28. The van der Waals surface area contributed by atoms with Crippen LogP contribution in [0.1, 0.15) is 51.4 Å². The van der Waals surface area contributed by atoms with Crippen molar-refractivity contribution >= 4 is 21.7 Å². The van der Waals surface area contributed by atoms with E-state index in [1.54, 1.807) is 17.0 Å². The van der Waals surface area contributed by atoms with E-state index >= 15 is 0 Å². The van der Waals surface area contributed by atoms with Gasteiger partial charge in [-0.2, -0.15) is 4.31 Å². The number of Topliss-reactive ketones (excluding diaryl/α,β-unsaturated/α-hetero) is 1. The minimum absolute atomic E-state index is 0.103. The van der Waals surface area contributed by atoms with Crippen LogP contribution in [0.3, 0.4) is 0 Å². The molecule has 0 N–H and O–H groups in total. The number of nitrogens with zero attached hydrogens (tertiary/aromatic N) is 4. The van der Waals surface area contributed by atoms with Crippen molar-refractivity contribution in [2.24, 2.45) is 7.05 Å². The van der Waals surface area contributed by atoms with Crippen molar-refractivity contribution in [2.45, 2.75) is 38.0 Å². The van der Waals surface area contributed by atoms with E-state index in [1.807, 2.05) is 31.5 Å². The lowest BCUT2D eigenvalue weighted by Gasteiger charge is -2.34. The van der Waals surface area contributed by atoms with E-state index < -0.39 is 10.0 Å². The average molecular weight is 487 g/mol. The highest BCUT2D eigenvalue weighted by Gasteiger charge is 2.27. The SMILES string of the molecule is Cc1cc(C(=O)CN2CCN(C(=O)c3ccc(S(=O)(=O)N4CCCCC4)cc3)CC2)c(C)n1C. The van der Waals surface area contributed by atoms with E-state index in [9.17, 15) is 18.0 Å². The van der Waals surface area contributed by atoms with Crippen molar-refractivity contribution in [1.29, 1.82) is 0 Å². The van der Waals surface area contributed by atoms with Crippen LogP contribution in [-0.4, -0.2) is 84.6 Å². The summed E-state index contributed by atoms with van der Waals surface area (Å²) in [6, 6.07) is 8.23. The molecule has 2 fully saturated rings. The van der Waals surface area contributed by atoms with Crippen LogP contribution < -0.4 is 0 Å². The molecule has 4 rings (SSSR count). The summed E-state index contributed by atoms with van der Waals surface area (Å²) in [6.07, 6.45) is 2.84. The summed E-state index contributed by atoms with van der Waals surface area (Å²) in [4.78, 5) is 29.8. The Labute approximate surface area is 202 Å². The molecular weight excluding hydrogens is 452 g/mol. The van der Waals surface area contributed by atoms with Crippen molar-refractivity contribution in [3.8, 4) is 0 Å². The second-order valence-electron chi connectivity index (χ2n) is 9.32. The highest BCUT2D eigenvalue weighted by atomic mass is 32.2. The van der Waals surface area contributed by atoms with Crippen molar-refractivity contribution < 1.29 is 18.0 Å². The van der Waals surface area contributed by atoms with E-state index in [2.05, 4.69) is 4.90 Å². The predicted molar refractivity (Wildman–Crippen MR) is 131 cm³/mol. The molecule has 8 nitrogen and oxygen atoms in total. The molecule has 0 radical (unpaired) electrons. The smallest absolute Gasteiger partial charge is 0.253 e. The first kappa shape index (κ1) is 24.6. The van der Waals surface area contributed by atoms with Crippen molar-refractivity contribution in [3.05, 3.63) is 52.8 Å². The van der Waals surface area contributed by atoms with Gasteiger partial charge in [-0.1, -0.05) is 6.42 Å². The molecule has 0 unspecified atom stereocenters. The number of piperazine rings is 1. The minimum Gasteiger partial charge on any atom is -0.351 e. The Morgan fingerprint density at radius 1 is 0.882 bits per heavy atom. The Balaban J connectivity index is 1.33. The second-order valence-corrected chi connectivity index (χ2v) is 11.3. The molecule has 0 saturated carbocycles. The number of amides is 1. The largest absolute Gasteiger partial charge is 0.351 e. The summed E-state index contributed by atoms with van der Waals surface area (Å²) >= 11 is 0. The Hall–Kier alpha value is -2.49. The Kier molecular flexibility index (Phi) is 7.25. The molecule has 1 aromatic heterocycles. The van der Waals surface area contributed by atoms with Gasteiger partial charge in [-0.15, -0.1) is 0 Å². The van der Waals surface area contributed by atoms with Crippen LogP contribution in [0.2, 0.25) is 0 Å². The topological polar surface area (TPSA) is 82.9 Å². The Morgan fingerprint density at radius 2 is 1.50 bits per heavy atom. The molecule has 2 aliphatic heterocycles. The zero-order valence-corrected chi connectivity index (χ0v) is 21.1. The lowest BCUT2D eigenvalue weighted by atomic mass is 10.1. The zero-order chi connectivity index (χ0) is 24.5. The van der Waals surface area contributed by atoms with E-state index in [-0.39, 0.29) is 16.6 Å². The first-order chi connectivity index (χ1) is 16.2. The van der Waals surface area contributed by atoms with Crippen LogP contribution >= 0.6 is 0 Å².